The fraction of sp³-hybridized carbons (Fsp3) is 0.769. The van der Waals surface area contributed by atoms with Crippen LogP contribution in [-0.2, 0) is 23.9 Å². The first kappa shape index (κ1) is 26.3. The van der Waals surface area contributed by atoms with Gasteiger partial charge in [-0.3, -0.25) is 19.3 Å². The predicted octanol–water partition coefficient (Wildman–Crippen LogP) is 1.48. The molecule has 0 aromatic carbocycles. The number of fused-ring (bicyclic) bond motifs is 1. The maximum absolute atomic E-state index is 12.8. The SMILES string of the molecule is CC1(C(=O)OCC2CN(C(=O)CCNC(=O)OC[C@@H]3[C@@H]4CCC#CCC[C@@H]43)CCN2CC(=O)O)CC1. The zero-order chi connectivity index (χ0) is 25.7. The third-order valence-corrected chi connectivity index (χ3v) is 8.05. The van der Waals surface area contributed by atoms with Crippen LogP contribution in [0.25, 0.3) is 0 Å². The number of nitrogens with zero attached hydrogens (tertiary/aromatic N) is 2. The van der Waals surface area contributed by atoms with Crippen LogP contribution < -0.4 is 5.32 Å². The first-order valence-electron chi connectivity index (χ1n) is 13.0. The van der Waals surface area contributed by atoms with E-state index in [-0.39, 0.29) is 50.6 Å². The normalized spacial score (nSPS) is 28.3. The minimum Gasteiger partial charge on any atom is -0.480 e. The number of nitrogens with one attached hydrogen (secondary N) is 1. The van der Waals surface area contributed by atoms with Gasteiger partial charge in [0.25, 0.3) is 0 Å². The molecule has 2 amide bonds. The first-order valence-corrected chi connectivity index (χ1v) is 13.0. The minimum absolute atomic E-state index is 0.0470. The van der Waals surface area contributed by atoms with Crippen molar-refractivity contribution in [1.29, 1.82) is 0 Å². The Labute approximate surface area is 212 Å². The number of rotatable bonds is 10. The molecule has 3 fully saturated rings. The van der Waals surface area contributed by atoms with Crippen molar-refractivity contribution in [3.63, 3.8) is 0 Å². The summed E-state index contributed by atoms with van der Waals surface area (Å²) in [7, 11) is 0. The number of carboxylic acids is 1. The summed E-state index contributed by atoms with van der Waals surface area (Å²) in [5, 5.41) is 11.9. The lowest BCUT2D eigenvalue weighted by molar-refractivity contribution is -0.153. The molecule has 1 heterocycles. The van der Waals surface area contributed by atoms with Gasteiger partial charge in [-0.15, -0.1) is 11.8 Å². The Morgan fingerprint density at radius 3 is 2.36 bits per heavy atom. The summed E-state index contributed by atoms with van der Waals surface area (Å²) in [4.78, 5) is 51.7. The number of alkyl carbamates (subject to hydrolysis) is 1. The molecule has 0 aromatic heterocycles. The number of carboxylic acid groups (broad SMARTS) is 1. The number of aliphatic carboxylic acids is 1. The highest BCUT2D eigenvalue weighted by molar-refractivity contribution is 5.79. The summed E-state index contributed by atoms with van der Waals surface area (Å²) in [6.07, 6.45) is 5.17. The van der Waals surface area contributed by atoms with Crippen LogP contribution in [0.4, 0.5) is 4.79 Å². The second-order valence-corrected chi connectivity index (χ2v) is 10.7. The summed E-state index contributed by atoms with van der Waals surface area (Å²) in [5.41, 5.74) is -0.424. The fourth-order valence-electron chi connectivity index (χ4n) is 5.33. The predicted molar refractivity (Wildman–Crippen MR) is 129 cm³/mol. The van der Waals surface area contributed by atoms with E-state index in [0.717, 1.165) is 38.5 Å². The van der Waals surface area contributed by atoms with Gasteiger partial charge < -0.3 is 24.8 Å². The molecular weight excluding hydrogens is 466 g/mol. The molecule has 1 unspecified atom stereocenters. The maximum Gasteiger partial charge on any atom is 0.407 e. The molecule has 0 spiro atoms. The Bertz CT molecular complexity index is 904. The van der Waals surface area contributed by atoms with E-state index in [1.165, 1.54) is 0 Å². The third kappa shape index (κ3) is 6.90. The average molecular weight is 504 g/mol. The molecule has 10 heteroatoms. The average Bonchev–Trinajstić information content (AvgIpc) is 3.73. The molecule has 0 radical (unpaired) electrons. The Hall–Kier alpha value is -2.80. The second-order valence-electron chi connectivity index (χ2n) is 10.7. The van der Waals surface area contributed by atoms with Gasteiger partial charge in [0.15, 0.2) is 0 Å². The van der Waals surface area contributed by atoms with Crippen molar-refractivity contribution in [2.75, 3.05) is 45.9 Å². The van der Waals surface area contributed by atoms with Crippen LogP contribution in [0.3, 0.4) is 0 Å². The van der Waals surface area contributed by atoms with E-state index in [1.54, 1.807) is 9.80 Å². The van der Waals surface area contributed by atoms with Gasteiger partial charge in [0.1, 0.15) is 6.61 Å². The molecule has 4 atom stereocenters. The number of ether oxygens (including phenoxy) is 2. The molecule has 2 saturated carbocycles. The van der Waals surface area contributed by atoms with E-state index >= 15 is 0 Å². The van der Waals surface area contributed by atoms with Crippen molar-refractivity contribution < 1.29 is 33.8 Å². The Morgan fingerprint density at radius 1 is 1.03 bits per heavy atom. The van der Waals surface area contributed by atoms with Gasteiger partial charge in [-0.25, -0.2) is 4.79 Å². The lowest BCUT2D eigenvalue weighted by atomic mass is 10.1. The highest BCUT2D eigenvalue weighted by Crippen LogP contribution is 2.52. The smallest absolute Gasteiger partial charge is 0.407 e. The largest absolute Gasteiger partial charge is 0.480 e. The Kier molecular flexibility index (Phi) is 8.39. The Balaban J connectivity index is 1.16. The lowest BCUT2D eigenvalue weighted by Gasteiger charge is -2.40. The first-order chi connectivity index (χ1) is 17.3. The molecule has 1 aliphatic heterocycles. The van der Waals surface area contributed by atoms with Crippen LogP contribution in [-0.4, -0.2) is 90.8 Å². The van der Waals surface area contributed by atoms with Gasteiger partial charge in [-0.05, 0) is 50.4 Å². The number of carbonyl (C=O) groups is 4. The molecule has 10 nitrogen and oxygen atoms in total. The molecule has 4 rings (SSSR count). The van der Waals surface area contributed by atoms with Crippen molar-refractivity contribution >= 4 is 23.9 Å². The monoisotopic (exact) mass is 503 g/mol. The van der Waals surface area contributed by atoms with Gasteiger partial charge in [0.05, 0.1) is 24.6 Å². The molecule has 36 heavy (non-hydrogen) atoms. The lowest BCUT2D eigenvalue weighted by Crippen LogP contribution is -2.57. The van der Waals surface area contributed by atoms with Crippen LogP contribution in [0.15, 0.2) is 0 Å². The summed E-state index contributed by atoms with van der Waals surface area (Å²) >= 11 is 0. The number of carbonyl (C=O) groups excluding carboxylic acids is 3. The van der Waals surface area contributed by atoms with Crippen LogP contribution in [0.5, 0.6) is 0 Å². The van der Waals surface area contributed by atoms with Gasteiger partial charge in [0.2, 0.25) is 5.91 Å². The maximum atomic E-state index is 12.8. The van der Waals surface area contributed by atoms with Crippen LogP contribution >= 0.6 is 0 Å². The minimum atomic E-state index is -0.965. The number of piperazine rings is 1. The summed E-state index contributed by atoms with van der Waals surface area (Å²) in [6, 6.07) is -0.385. The number of esters is 1. The van der Waals surface area contributed by atoms with Crippen molar-refractivity contribution in [3.05, 3.63) is 0 Å². The van der Waals surface area contributed by atoms with Crippen molar-refractivity contribution in [3.8, 4) is 11.8 Å². The highest BCUT2D eigenvalue weighted by Gasteiger charge is 2.49. The molecular formula is C26H37N3O7. The topological polar surface area (TPSA) is 125 Å². The van der Waals surface area contributed by atoms with Crippen LogP contribution in [0, 0.1) is 35.0 Å². The number of hydrogen-bond donors (Lipinski definition) is 2. The molecule has 0 bridgehead atoms. The Morgan fingerprint density at radius 2 is 1.72 bits per heavy atom. The van der Waals surface area contributed by atoms with Gasteiger partial charge in [0, 0.05) is 45.4 Å². The van der Waals surface area contributed by atoms with E-state index in [1.807, 2.05) is 6.92 Å². The quantitative estimate of drug-likeness (QED) is 0.339. The van der Waals surface area contributed by atoms with Crippen LogP contribution in [0.1, 0.15) is 51.9 Å². The standard InChI is InChI=1S/C26H37N3O7/c1-26(9-10-26)24(33)35-16-18-14-29(13-12-28(18)15-23(31)32)22(30)8-11-27-25(34)36-17-21-19-6-4-2-3-5-7-20(19)21/h18-21H,4-17H2,1H3,(H,27,34)(H,31,32)/t18?,19-,20+,21-. The zero-order valence-electron chi connectivity index (χ0n) is 21.0. The zero-order valence-corrected chi connectivity index (χ0v) is 21.0. The summed E-state index contributed by atoms with van der Waals surface area (Å²) in [5.74, 6) is 6.59. The van der Waals surface area contributed by atoms with E-state index in [2.05, 4.69) is 17.2 Å². The molecule has 198 valence electrons. The van der Waals surface area contributed by atoms with Crippen molar-refractivity contribution in [1.82, 2.24) is 15.1 Å². The van der Waals surface area contributed by atoms with E-state index in [4.69, 9.17) is 9.47 Å². The van der Waals surface area contributed by atoms with Gasteiger partial charge in [-0.1, -0.05) is 0 Å². The second kappa shape index (κ2) is 11.5. The van der Waals surface area contributed by atoms with Gasteiger partial charge >= 0.3 is 18.0 Å². The van der Waals surface area contributed by atoms with E-state index < -0.39 is 17.5 Å². The highest BCUT2D eigenvalue weighted by atomic mass is 16.5. The molecule has 0 aromatic rings. The number of hydrogen-bond acceptors (Lipinski definition) is 7. The van der Waals surface area contributed by atoms with E-state index in [9.17, 15) is 24.3 Å². The third-order valence-electron chi connectivity index (χ3n) is 8.05. The fourth-order valence-corrected chi connectivity index (χ4v) is 5.33. The molecule has 4 aliphatic rings. The number of amides is 2. The summed E-state index contributed by atoms with van der Waals surface area (Å²) in [6.45, 7) is 3.32. The van der Waals surface area contributed by atoms with Gasteiger partial charge in [-0.2, -0.15) is 0 Å². The molecule has 3 aliphatic carbocycles. The molecule has 2 N–H and O–H groups in total. The van der Waals surface area contributed by atoms with Crippen molar-refractivity contribution in [2.24, 2.45) is 23.2 Å². The summed E-state index contributed by atoms with van der Waals surface area (Å²) < 4.78 is 10.9. The van der Waals surface area contributed by atoms with Crippen LogP contribution in [0.2, 0.25) is 0 Å². The molecule has 1 saturated heterocycles. The van der Waals surface area contributed by atoms with E-state index in [0.29, 0.717) is 37.5 Å². The van der Waals surface area contributed by atoms with Crippen molar-refractivity contribution in [2.45, 2.75) is 57.9 Å².